The highest BCUT2D eigenvalue weighted by molar-refractivity contribution is 7.99. The molecular formula is C13H21NS. The zero-order valence-electron chi connectivity index (χ0n) is 9.97. The third-order valence-corrected chi connectivity index (χ3v) is 3.67. The second-order valence-corrected chi connectivity index (χ2v) is 5.06. The number of rotatable bonds is 6. The molecule has 0 bridgehead atoms. The lowest BCUT2D eigenvalue weighted by Gasteiger charge is -2.06. The molecule has 0 spiro atoms. The summed E-state index contributed by atoms with van der Waals surface area (Å²) in [6, 6.07) is 6.68. The first kappa shape index (κ1) is 12.6. The summed E-state index contributed by atoms with van der Waals surface area (Å²) in [6.07, 6.45) is 2.56. The molecule has 0 heterocycles. The Hall–Kier alpha value is -0.470. The van der Waals surface area contributed by atoms with Gasteiger partial charge in [-0.1, -0.05) is 17.7 Å². The average molecular weight is 223 g/mol. The summed E-state index contributed by atoms with van der Waals surface area (Å²) in [6.45, 7) is 5.48. The molecule has 15 heavy (non-hydrogen) atoms. The van der Waals surface area contributed by atoms with Crippen molar-refractivity contribution < 1.29 is 0 Å². The van der Waals surface area contributed by atoms with E-state index in [4.69, 9.17) is 0 Å². The molecule has 0 aliphatic carbocycles. The first-order valence-electron chi connectivity index (χ1n) is 5.58. The molecule has 0 amide bonds. The minimum atomic E-state index is 1.13. The summed E-state index contributed by atoms with van der Waals surface area (Å²) < 4.78 is 0. The molecule has 0 fully saturated rings. The van der Waals surface area contributed by atoms with E-state index in [9.17, 15) is 0 Å². The maximum absolute atomic E-state index is 3.18. The predicted molar refractivity (Wildman–Crippen MR) is 69.8 cm³/mol. The Morgan fingerprint density at radius 3 is 2.73 bits per heavy atom. The molecule has 2 heteroatoms. The van der Waals surface area contributed by atoms with Gasteiger partial charge in [0.05, 0.1) is 0 Å². The van der Waals surface area contributed by atoms with Gasteiger partial charge in [-0.2, -0.15) is 0 Å². The summed E-state index contributed by atoms with van der Waals surface area (Å²) in [5, 5.41) is 3.18. The highest BCUT2D eigenvalue weighted by Gasteiger charge is 1.99. The Morgan fingerprint density at radius 1 is 1.20 bits per heavy atom. The lowest BCUT2D eigenvalue weighted by Crippen LogP contribution is -2.07. The van der Waals surface area contributed by atoms with Gasteiger partial charge in [0.15, 0.2) is 0 Å². The van der Waals surface area contributed by atoms with Crippen LogP contribution in [0.3, 0.4) is 0 Å². The fourth-order valence-corrected chi connectivity index (χ4v) is 2.58. The Bertz CT molecular complexity index is 297. The largest absolute Gasteiger partial charge is 0.320 e. The van der Waals surface area contributed by atoms with Crippen molar-refractivity contribution in [3.63, 3.8) is 0 Å². The van der Waals surface area contributed by atoms with Gasteiger partial charge in [0.25, 0.3) is 0 Å². The van der Waals surface area contributed by atoms with E-state index in [1.54, 1.807) is 0 Å². The van der Waals surface area contributed by atoms with E-state index in [0.717, 1.165) is 6.54 Å². The number of aryl methyl sites for hydroxylation is 2. The highest BCUT2D eigenvalue weighted by Crippen LogP contribution is 2.24. The zero-order chi connectivity index (χ0) is 11.1. The number of unbranched alkanes of at least 4 members (excludes halogenated alkanes) is 1. The van der Waals surface area contributed by atoms with E-state index in [2.05, 4.69) is 37.4 Å². The van der Waals surface area contributed by atoms with Crippen molar-refractivity contribution in [1.82, 2.24) is 5.32 Å². The van der Waals surface area contributed by atoms with Crippen LogP contribution in [-0.4, -0.2) is 19.3 Å². The van der Waals surface area contributed by atoms with Crippen LogP contribution in [0.5, 0.6) is 0 Å². The van der Waals surface area contributed by atoms with E-state index in [1.165, 1.54) is 34.6 Å². The standard InChI is InChI=1S/C13H21NS/c1-11-6-7-12(2)13(10-11)15-9-5-4-8-14-3/h6-7,10,14H,4-5,8-9H2,1-3H3. The van der Waals surface area contributed by atoms with Crippen molar-refractivity contribution in [1.29, 1.82) is 0 Å². The second-order valence-electron chi connectivity index (χ2n) is 3.93. The van der Waals surface area contributed by atoms with Crippen LogP contribution in [0.2, 0.25) is 0 Å². The van der Waals surface area contributed by atoms with Crippen molar-refractivity contribution in [2.24, 2.45) is 0 Å². The van der Waals surface area contributed by atoms with Gasteiger partial charge >= 0.3 is 0 Å². The Labute approximate surface area is 97.7 Å². The smallest absolute Gasteiger partial charge is 0.0104 e. The van der Waals surface area contributed by atoms with Crippen LogP contribution in [-0.2, 0) is 0 Å². The number of thioether (sulfide) groups is 1. The molecule has 0 aliphatic heterocycles. The third-order valence-electron chi connectivity index (χ3n) is 2.42. The van der Waals surface area contributed by atoms with Crippen LogP contribution < -0.4 is 5.32 Å². The van der Waals surface area contributed by atoms with Crippen molar-refractivity contribution in [3.05, 3.63) is 29.3 Å². The summed E-state index contributed by atoms with van der Waals surface area (Å²) in [7, 11) is 2.01. The fourth-order valence-electron chi connectivity index (χ4n) is 1.45. The zero-order valence-corrected chi connectivity index (χ0v) is 10.8. The van der Waals surface area contributed by atoms with E-state index in [-0.39, 0.29) is 0 Å². The quantitative estimate of drug-likeness (QED) is 0.586. The molecule has 0 saturated heterocycles. The van der Waals surface area contributed by atoms with Crippen LogP contribution >= 0.6 is 11.8 Å². The molecule has 84 valence electrons. The van der Waals surface area contributed by atoms with Crippen molar-refractivity contribution in [3.8, 4) is 0 Å². The van der Waals surface area contributed by atoms with Gasteiger partial charge in [0.1, 0.15) is 0 Å². The number of nitrogens with one attached hydrogen (secondary N) is 1. The summed E-state index contributed by atoms with van der Waals surface area (Å²) in [4.78, 5) is 1.44. The van der Waals surface area contributed by atoms with E-state index >= 15 is 0 Å². The van der Waals surface area contributed by atoms with Gasteiger partial charge in [-0.25, -0.2) is 0 Å². The average Bonchev–Trinajstić information content (AvgIpc) is 2.23. The van der Waals surface area contributed by atoms with E-state index < -0.39 is 0 Å². The minimum Gasteiger partial charge on any atom is -0.320 e. The molecule has 0 radical (unpaired) electrons. The normalized spacial score (nSPS) is 10.6. The Morgan fingerprint density at radius 2 is 2.00 bits per heavy atom. The lowest BCUT2D eigenvalue weighted by molar-refractivity contribution is 0.715. The van der Waals surface area contributed by atoms with Gasteiger partial charge in [0.2, 0.25) is 0 Å². The molecule has 0 aliphatic rings. The number of hydrogen-bond donors (Lipinski definition) is 1. The first-order valence-corrected chi connectivity index (χ1v) is 6.57. The molecule has 0 saturated carbocycles. The molecule has 1 aromatic carbocycles. The highest BCUT2D eigenvalue weighted by atomic mass is 32.2. The lowest BCUT2D eigenvalue weighted by atomic mass is 10.2. The SMILES string of the molecule is CNCCCCSc1cc(C)ccc1C. The molecule has 1 nitrogen and oxygen atoms in total. The van der Waals surface area contributed by atoms with Gasteiger partial charge in [-0.05, 0) is 57.7 Å². The van der Waals surface area contributed by atoms with Crippen LogP contribution in [0, 0.1) is 13.8 Å². The molecule has 1 aromatic rings. The maximum atomic E-state index is 3.18. The summed E-state index contributed by atoms with van der Waals surface area (Å²) >= 11 is 1.98. The number of benzene rings is 1. The topological polar surface area (TPSA) is 12.0 Å². The fraction of sp³-hybridized carbons (Fsp3) is 0.538. The molecule has 1 rings (SSSR count). The van der Waals surface area contributed by atoms with Crippen LogP contribution in [0.1, 0.15) is 24.0 Å². The van der Waals surface area contributed by atoms with Gasteiger partial charge in [0, 0.05) is 4.90 Å². The van der Waals surface area contributed by atoms with Gasteiger partial charge in [-0.15, -0.1) is 11.8 Å². The Kier molecular flexibility index (Phi) is 5.81. The monoisotopic (exact) mass is 223 g/mol. The molecule has 0 aromatic heterocycles. The third kappa shape index (κ3) is 4.72. The molecule has 0 atom stereocenters. The van der Waals surface area contributed by atoms with E-state index in [0.29, 0.717) is 0 Å². The molecule has 0 unspecified atom stereocenters. The molecular weight excluding hydrogens is 202 g/mol. The van der Waals surface area contributed by atoms with Gasteiger partial charge < -0.3 is 5.32 Å². The minimum absolute atomic E-state index is 1.13. The number of hydrogen-bond acceptors (Lipinski definition) is 2. The van der Waals surface area contributed by atoms with Gasteiger partial charge in [-0.3, -0.25) is 0 Å². The van der Waals surface area contributed by atoms with E-state index in [1.807, 2.05) is 18.8 Å². The second kappa shape index (κ2) is 6.91. The van der Waals surface area contributed by atoms with Crippen LogP contribution in [0.15, 0.2) is 23.1 Å². The first-order chi connectivity index (χ1) is 7.24. The summed E-state index contributed by atoms with van der Waals surface area (Å²) in [5.74, 6) is 1.23. The van der Waals surface area contributed by atoms with Crippen molar-refractivity contribution >= 4 is 11.8 Å². The van der Waals surface area contributed by atoms with Crippen molar-refractivity contribution in [2.75, 3.05) is 19.3 Å². The van der Waals surface area contributed by atoms with Crippen LogP contribution in [0.4, 0.5) is 0 Å². The predicted octanol–water partition coefficient (Wildman–Crippen LogP) is 3.40. The van der Waals surface area contributed by atoms with Crippen LogP contribution in [0.25, 0.3) is 0 Å². The molecule has 1 N–H and O–H groups in total. The maximum Gasteiger partial charge on any atom is 0.0104 e. The Balaban J connectivity index is 2.33. The summed E-state index contributed by atoms with van der Waals surface area (Å²) in [5.41, 5.74) is 2.76. The van der Waals surface area contributed by atoms with Crippen molar-refractivity contribution in [2.45, 2.75) is 31.6 Å².